The number of hydrogen-bond acceptors (Lipinski definition) is 2. The van der Waals surface area contributed by atoms with Gasteiger partial charge < -0.3 is 0 Å². The predicted octanol–water partition coefficient (Wildman–Crippen LogP) is 4.16. The molecule has 0 aliphatic carbocycles. The SMILES string of the molecule is CC.CN(C(C)(C)C(C)(C)C)S(=O)(=O)c1ccccc1. The average Bonchev–Trinajstić information content (AvgIpc) is 2.39. The molecule has 0 heterocycles. The van der Waals surface area contributed by atoms with E-state index in [0.29, 0.717) is 4.90 Å². The summed E-state index contributed by atoms with van der Waals surface area (Å²) in [7, 11) is -1.80. The Morgan fingerprint density at radius 3 is 1.65 bits per heavy atom. The van der Waals surface area contributed by atoms with Crippen LogP contribution in [0.5, 0.6) is 0 Å². The molecule has 0 saturated heterocycles. The molecule has 0 atom stereocenters. The topological polar surface area (TPSA) is 37.4 Å². The molecule has 4 heteroatoms. The number of sulfonamides is 1. The Hall–Kier alpha value is -0.870. The highest BCUT2D eigenvalue weighted by molar-refractivity contribution is 7.89. The van der Waals surface area contributed by atoms with E-state index in [9.17, 15) is 8.42 Å². The van der Waals surface area contributed by atoms with Gasteiger partial charge in [-0.25, -0.2) is 8.42 Å². The van der Waals surface area contributed by atoms with Crippen LogP contribution in [-0.2, 0) is 10.0 Å². The molecule has 1 aromatic carbocycles. The lowest BCUT2D eigenvalue weighted by Gasteiger charge is -2.45. The fraction of sp³-hybridized carbons (Fsp3) is 0.625. The van der Waals surface area contributed by atoms with Gasteiger partial charge >= 0.3 is 0 Å². The summed E-state index contributed by atoms with van der Waals surface area (Å²) >= 11 is 0. The van der Waals surface area contributed by atoms with Gasteiger partial charge in [-0.15, -0.1) is 0 Å². The van der Waals surface area contributed by atoms with Crippen LogP contribution in [0.25, 0.3) is 0 Å². The Labute approximate surface area is 125 Å². The zero-order valence-corrected chi connectivity index (χ0v) is 14.9. The minimum atomic E-state index is -3.45. The van der Waals surface area contributed by atoms with E-state index in [1.165, 1.54) is 4.31 Å². The van der Waals surface area contributed by atoms with Crippen LogP contribution in [0.3, 0.4) is 0 Å². The van der Waals surface area contributed by atoms with Gasteiger partial charge in [0.05, 0.1) is 4.90 Å². The Balaban J connectivity index is 0.00000172. The molecular formula is C16H29NO2S. The molecule has 116 valence electrons. The van der Waals surface area contributed by atoms with Crippen molar-refractivity contribution in [2.24, 2.45) is 5.41 Å². The molecule has 0 amide bonds. The molecule has 0 aliphatic heterocycles. The summed E-state index contributed by atoms with van der Waals surface area (Å²) in [5.41, 5.74) is -0.620. The summed E-state index contributed by atoms with van der Waals surface area (Å²) in [5.74, 6) is 0. The van der Waals surface area contributed by atoms with Crippen LogP contribution >= 0.6 is 0 Å². The zero-order valence-electron chi connectivity index (χ0n) is 14.1. The van der Waals surface area contributed by atoms with Crippen LogP contribution < -0.4 is 0 Å². The van der Waals surface area contributed by atoms with Crippen molar-refractivity contribution >= 4 is 10.0 Å². The second-order valence-corrected chi connectivity index (χ2v) is 8.06. The van der Waals surface area contributed by atoms with Crippen molar-refractivity contribution in [2.45, 2.75) is 58.9 Å². The maximum Gasteiger partial charge on any atom is 0.243 e. The molecule has 0 bridgehead atoms. The highest BCUT2D eigenvalue weighted by atomic mass is 32.2. The van der Waals surface area contributed by atoms with Crippen molar-refractivity contribution in [3.05, 3.63) is 30.3 Å². The molecule has 0 radical (unpaired) electrons. The summed E-state index contributed by atoms with van der Waals surface area (Å²) < 4.78 is 26.6. The molecule has 0 aromatic heterocycles. The van der Waals surface area contributed by atoms with Gasteiger partial charge in [-0.2, -0.15) is 4.31 Å². The van der Waals surface area contributed by atoms with Gasteiger partial charge in [0.15, 0.2) is 0 Å². The Morgan fingerprint density at radius 2 is 1.30 bits per heavy atom. The molecule has 0 fully saturated rings. The Kier molecular flexibility index (Phi) is 6.43. The molecule has 0 spiro atoms. The summed E-state index contributed by atoms with van der Waals surface area (Å²) in [5, 5.41) is 0. The number of rotatable bonds is 3. The van der Waals surface area contributed by atoms with Gasteiger partial charge in [0.25, 0.3) is 0 Å². The Morgan fingerprint density at radius 1 is 0.900 bits per heavy atom. The van der Waals surface area contributed by atoms with Gasteiger partial charge in [0.1, 0.15) is 0 Å². The van der Waals surface area contributed by atoms with Crippen molar-refractivity contribution in [3.63, 3.8) is 0 Å². The standard InChI is InChI=1S/C14H23NO2S.C2H6/c1-13(2,3)14(4,5)15(6)18(16,17)12-10-8-7-9-11-12;1-2/h7-11H,1-6H3;1-2H3. The first-order valence-electron chi connectivity index (χ1n) is 7.05. The molecular weight excluding hydrogens is 270 g/mol. The van der Waals surface area contributed by atoms with Crippen LogP contribution in [0.15, 0.2) is 35.2 Å². The predicted molar refractivity (Wildman–Crippen MR) is 86.3 cm³/mol. The molecule has 0 saturated carbocycles. The Bertz CT molecular complexity index is 499. The monoisotopic (exact) mass is 299 g/mol. The van der Waals surface area contributed by atoms with Crippen LogP contribution in [-0.4, -0.2) is 25.3 Å². The molecule has 1 aromatic rings. The molecule has 20 heavy (non-hydrogen) atoms. The summed E-state index contributed by atoms with van der Waals surface area (Å²) in [4.78, 5) is 0.338. The lowest BCUT2D eigenvalue weighted by Crippen LogP contribution is -2.53. The van der Waals surface area contributed by atoms with E-state index < -0.39 is 15.6 Å². The highest BCUT2D eigenvalue weighted by Crippen LogP contribution is 2.37. The van der Waals surface area contributed by atoms with Crippen molar-refractivity contribution in [2.75, 3.05) is 7.05 Å². The summed E-state index contributed by atoms with van der Waals surface area (Å²) in [6.07, 6.45) is 0. The van der Waals surface area contributed by atoms with E-state index in [1.54, 1.807) is 31.3 Å². The number of nitrogens with zero attached hydrogens (tertiary/aromatic N) is 1. The maximum absolute atomic E-state index is 12.6. The minimum Gasteiger partial charge on any atom is -0.207 e. The van der Waals surface area contributed by atoms with E-state index >= 15 is 0 Å². The summed E-state index contributed by atoms with van der Waals surface area (Å²) in [6.45, 7) is 14.0. The number of hydrogen-bond donors (Lipinski definition) is 0. The van der Waals surface area contributed by atoms with Gasteiger partial charge in [0.2, 0.25) is 10.0 Å². The fourth-order valence-corrected chi connectivity index (χ4v) is 3.22. The van der Waals surface area contributed by atoms with Gasteiger partial charge in [-0.1, -0.05) is 52.8 Å². The third-order valence-electron chi connectivity index (χ3n) is 4.02. The van der Waals surface area contributed by atoms with Crippen molar-refractivity contribution in [1.82, 2.24) is 4.31 Å². The first-order chi connectivity index (χ1) is 9.01. The van der Waals surface area contributed by atoms with Crippen LogP contribution in [0.2, 0.25) is 0 Å². The van der Waals surface area contributed by atoms with E-state index in [1.807, 2.05) is 54.5 Å². The van der Waals surface area contributed by atoms with Crippen molar-refractivity contribution in [1.29, 1.82) is 0 Å². The fourth-order valence-electron chi connectivity index (χ4n) is 1.52. The molecule has 0 unspecified atom stereocenters. The third-order valence-corrected chi connectivity index (χ3v) is 6.07. The maximum atomic E-state index is 12.6. The van der Waals surface area contributed by atoms with Gasteiger partial charge in [-0.05, 0) is 31.4 Å². The molecule has 0 aliphatic rings. The van der Waals surface area contributed by atoms with Crippen LogP contribution in [0.4, 0.5) is 0 Å². The van der Waals surface area contributed by atoms with Crippen molar-refractivity contribution in [3.8, 4) is 0 Å². The lowest BCUT2D eigenvalue weighted by atomic mass is 9.76. The zero-order chi connectivity index (χ0) is 16.2. The van der Waals surface area contributed by atoms with E-state index in [-0.39, 0.29) is 5.41 Å². The smallest absolute Gasteiger partial charge is 0.207 e. The quantitative estimate of drug-likeness (QED) is 0.840. The highest BCUT2D eigenvalue weighted by Gasteiger charge is 2.42. The van der Waals surface area contributed by atoms with E-state index in [0.717, 1.165) is 0 Å². The first-order valence-corrected chi connectivity index (χ1v) is 8.49. The average molecular weight is 299 g/mol. The van der Waals surface area contributed by atoms with Gasteiger partial charge in [0, 0.05) is 12.6 Å². The third kappa shape index (κ3) is 3.83. The van der Waals surface area contributed by atoms with Crippen LogP contribution in [0, 0.1) is 5.41 Å². The largest absolute Gasteiger partial charge is 0.243 e. The van der Waals surface area contributed by atoms with Crippen LogP contribution in [0.1, 0.15) is 48.5 Å². The lowest BCUT2D eigenvalue weighted by molar-refractivity contribution is 0.108. The molecule has 0 N–H and O–H groups in total. The second kappa shape index (κ2) is 6.72. The summed E-state index contributed by atoms with van der Waals surface area (Å²) in [6, 6.07) is 8.55. The normalized spacial score (nSPS) is 12.8. The van der Waals surface area contributed by atoms with E-state index in [2.05, 4.69) is 0 Å². The second-order valence-electron chi connectivity index (χ2n) is 6.09. The van der Waals surface area contributed by atoms with Crippen molar-refractivity contribution < 1.29 is 8.42 Å². The number of benzene rings is 1. The molecule has 3 nitrogen and oxygen atoms in total. The van der Waals surface area contributed by atoms with E-state index in [4.69, 9.17) is 0 Å². The molecule has 1 rings (SSSR count). The first kappa shape index (κ1) is 19.1. The minimum absolute atomic E-state index is 0.149. The van der Waals surface area contributed by atoms with Gasteiger partial charge in [-0.3, -0.25) is 0 Å².